The van der Waals surface area contributed by atoms with Gasteiger partial charge >= 0.3 is 0 Å². The lowest BCUT2D eigenvalue weighted by Gasteiger charge is -2.28. The Hall–Kier alpha value is -2.87. The summed E-state index contributed by atoms with van der Waals surface area (Å²) in [6.07, 6.45) is 5.80. The van der Waals surface area contributed by atoms with Gasteiger partial charge in [-0.3, -0.25) is 0 Å². The normalized spacial score (nSPS) is 12.5. The summed E-state index contributed by atoms with van der Waals surface area (Å²) in [7, 11) is -3.78. The van der Waals surface area contributed by atoms with Crippen LogP contribution in [0.15, 0.2) is 89.8 Å². The van der Waals surface area contributed by atoms with Gasteiger partial charge in [-0.15, -0.1) is 6.42 Å². The van der Waals surface area contributed by atoms with Crippen molar-refractivity contribution < 1.29 is 8.42 Å². The maximum Gasteiger partial charge on any atom is 0.244 e. The fraction of sp³-hybridized carbons (Fsp3) is 0.130. The molecule has 1 atom stereocenters. The highest BCUT2D eigenvalue weighted by atomic mass is 32.2. The molecule has 0 aliphatic rings. The first-order valence-corrected chi connectivity index (χ1v) is 10.1. The van der Waals surface area contributed by atoms with E-state index in [4.69, 9.17) is 6.42 Å². The van der Waals surface area contributed by atoms with E-state index in [1.807, 2.05) is 67.6 Å². The second kappa shape index (κ2) is 8.22. The van der Waals surface area contributed by atoms with E-state index in [2.05, 4.69) is 5.92 Å². The van der Waals surface area contributed by atoms with E-state index in [1.165, 1.54) is 4.31 Å². The van der Waals surface area contributed by atoms with Gasteiger partial charge in [0.15, 0.2) is 0 Å². The predicted octanol–water partition coefficient (Wildman–Crippen LogP) is 4.56. The molecule has 0 spiro atoms. The molecular weight excluding hydrogens is 354 g/mol. The summed E-state index contributed by atoms with van der Waals surface area (Å²) in [5, 5.41) is 0. The van der Waals surface area contributed by atoms with Crippen molar-refractivity contribution in [2.45, 2.75) is 24.4 Å². The van der Waals surface area contributed by atoms with Crippen LogP contribution < -0.4 is 0 Å². The van der Waals surface area contributed by atoms with Gasteiger partial charge in [-0.25, -0.2) is 8.42 Å². The minimum absolute atomic E-state index is 0.195. The van der Waals surface area contributed by atoms with Crippen LogP contribution in [0.3, 0.4) is 0 Å². The van der Waals surface area contributed by atoms with Crippen molar-refractivity contribution in [2.24, 2.45) is 0 Å². The lowest BCUT2D eigenvalue weighted by Crippen LogP contribution is -2.34. The minimum atomic E-state index is -3.78. The summed E-state index contributed by atoms with van der Waals surface area (Å²) in [5.74, 6) is 2.67. The molecule has 1 unspecified atom stereocenters. The first-order chi connectivity index (χ1) is 13.0. The van der Waals surface area contributed by atoms with Crippen LogP contribution in [0.5, 0.6) is 0 Å². The van der Waals surface area contributed by atoms with Crippen LogP contribution in [0.1, 0.15) is 22.7 Å². The van der Waals surface area contributed by atoms with Crippen molar-refractivity contribution in [2.75, 3.05) is 0 Å². The second-order valence-corrected chi connectivity index (χ2v) is 8.22. The summed E-state index contributed by atoms with van der Waals surface area (Å²) in [6, 6.07) is 24.9. The number of rotatable bonds is 6. The highest BCUT2D eigenvalue weighted by molar-refractivity contribution is 7.89. The van der Waals surface area contributed by atoms with Crippen LogP contribution in [0, 0.1) is 19.3 Å². The average Bonchev–Trinajstić information content (AvgIpc) is 2.70. The Morgan fingerprint density at radius 2 is 1.44 bits per heavy atom. The highest BCUT2D eigenvalue weighted by Gasteiger charge is 2.31. The van der Waals surface area contributed by atoms with Crippen LogP contribution >= 0.6 is 0 Å². The Balaban J connectivity index is 2.09. The summed E-state index contributed by atoms with van der Waals surface area (Å²) < 4.78 is 28.3. The van der Waals surface area contributed by atoms with E-state index in [-0.39, 0.29) is 11.4 Å². The molecule has 3 rings (SSSR count). The van der Waals surface area contributed by atoms with E-state index in [9.17, 15) is 8.42 Å². The molecule has 3 aromatic rings. The molecule has 0 heterocycles. The molecule has 0 fully saturated rings. The molecule has 0 N–H and O–H groups in total. The SMILES string of the molecule is C#CC(c1ccccc1)N(Cc1ccccc1)S(=O)(=O)c1ccc(C)cc1. The topological polar surface area (TPSA) is 37.4 Å². The Morgan fingerprint density at radius 1 is 0.889 bits per heavy atom. The molecule has 0 bridgehead atoms. The molecule has 0 saturated carbocycles. The van der Waals surface area contributed by atoms with Gasteiger partial charge in [0.1, 0.15) is 6.04 Å². The first kappa shape index (κ1) is 18.9. The zero-order chi connectivity index (χ0) is 19.3. The van der Waals surface area contributed by atoms with Gasteiger partial charge in [0.2, 0.25) is 10.0 Å². The van der Waals surface area contributed by atoms with Crippen molar-refractivity contribution in [1.29, 1.82) is 0 Å². The quantitative estimate of drug-likeness (QED) is 0.592. The fourth-order valence-electron chi connectivity index (χ4n) is 2.90. The van der Waals surface area contributed by atoms with Gasteiger partial charge in [0, 0.05) is 6.54 Å². The van der Waals surface area contributed by atoms with Crippen LogP contribution in [-0.4, -0.2) is 12.7 Å². The van der Waals surface area contributed by atoms with E-state index < -0.39 is 16.1 Å². The van der Waals surface area contributed by atoms with E-state index in [1.54, 1.807) is 24.3 Å². The lowest BCUT2D eigenvalue weighted by atomic mass is 10.1. The van der Waals surface area contributed by atoms with Crippen LogP contribution in [0.25, 0.3) is 0 Å². The molecule has 27 heavy (non-hydrogen) atoms. The Kier molecular flexibility index (Phi) is 5.75. The number of benzene rings is 3. The van der Waals surface area contributed by atoms with Crippen molar-refractivity contribution in [1.82, 2.24) is 4.31 Å². The third-order valence-corrected chi connectivity index (χ3v) is 6.20. The molecular formula is C23H21NO2S. The monoisotopic (exact) mass is 375 g/mol. The largest absolute Gasteiger partial charge is 0.244 e. The molecule has 3 nitrogen and oxygen atoms in total. The lowest BCUT2D eigenvalue weighted by molar-refractivity contribution is 0.369. The number of hydrogen-bond acceptors (Lipinski definition) is 2. The maximum absolute atomic E-state index is 13.5. The number of nitrogens with zero attached hydrogens (tertiary/aromatic N) is 1. The highest BCUT2D eigenvalue weighted by Crippen LogP contribution is 2.29. The third kappa shape index (κ3) is 4.28. The molecule has 0 aromatic heterocycles. The molecule has 0 saturated heterocycles. The fourth-order valence-corrected chi connectivity index (χ4v) is 4.43. The van der Waals surface area contributed by atoms with Crippen LogP contribution in [0.4, 0.5) is 0 Å². The second-order valence-electron chi connectivity index (χ2n) is 6.33. The summed E-state index contributed by atoms with van der Waals surface area (Å²) in [4.78, 5) is 0.236. The zero-order valence-corrected chi connectivity index (χ0v) is 15.9. The molecule has 0 aliphatic carbocycles. The van der Waals surface area contributed by atoms with Gasteiger partial charge in [-0.05, 0) is 30.2 Å². The Bertz CT molecular complexity index is 1020. The molecule has 0 amide bonds. The average molecular weight is 375 g/mol. The third-order valence-electron chi connectivity index (χ3n) is 4.37. The Labute approximate surface area is 161 Å². The van der Waals surface area contributed by atoms with Gasteiger partial charge in [-0.2, -0.15) is 4.31 Å². The number of terminal acetylenes is 1. The van der Waals surface area contributed by atoms with Crippen LogP contribution in [0.2, 0.25) is 0 Å². The van der Waals surface area contributed by atoms with Crippen molar-refractivity contribution in [3.63, 3.8) is 0 Å². The molecule has 3 aromatic carbocycles. The number of hydrogen-bond donors (Lipinski definition) is 0. The standard InChI is InChI=1S/C23H21NO2S/c1-3-23(21-12-8-5-9-13-21)24(18-20-10-6-4-7-11-20)27(25,26)22-16-14-19(2)15-17-22/h1,4-17,23H,18H2,2H3. The first-order valence-electron chi connectivity index (χ1n) is 8.66. The molecule has 0 aliphatic heterocycles. The van der Waals surface area contributed by atoms with E-state index in [0.717, 1.165) is 16.7 Å². The van der Waals surface area contributed by atoms with Gasteiger partial charge < -0.3 is 0 Å². The number of sulfonamides is 1. The van der Waals surface area contributed by atoms with Crippen molar-refractivity contribution >= 4 is 10.0 Å². The molecule has 136 valence electrons. The number of aryl methyl sites for hydroxylation is 1. The zero-order valence-electron chi connectivity index (χ0n) is 15.1. The molecule has 4 heteroatoms. The molecule has 0 radical (unpaired) electrons. The van der Waals surface area contributed by atoms with Gasteiger partial charge in [0.25, 0.3) is 0 Å². The van der Waals surface area contributed by atoms with Crippen LogP contribution in [-0.2, 0) is 16.6 Å². The van der Waals surface area contributed by atoms with Gasteiger partial charge in [0.05, 0.1) is 4.90 Å². The predicted molar refractivity (Wildman–Crippen MR) is 108 cm³/mol. The summed E-state index contributed by atoms with van der Waals surface area (Å²) >= 11 is 0. The van der Waals surface area contributed by atoms with Crippen molar-refractivity contribution in [3.8, 4) is 12.3 Å². The van der Waals surface area contributed by atoms with E-state index >= 15 is 0 Å². The Morgan fingerprint density at radius 3 is 2.00 bits per heavy atom. The van der Waals surface area contributed by atoms with Gasteiger partial charge in [-0.1, -0.05) is 84.3 Å². The van der Waals surface area contributed by atoms with Crippen molar-refractivity contribution in [3.05, 3.63) is 102 Å². The smallest absolute Gasteiger partial charge is 0.207 e. The summed E-state index contributed by atoms with van der Waals surface area (Å²) in [6.45, 7) is 2.12. The summed E-state index contributed by atoms with van der Waals surface area (Å²) in [5.41, 5.74) is 2.65. The van der Waals surface area contributed by atoms with E-state index in [0.29, 0.717) is 0 Å². The maximum atomic E-state index is 13.5. The minimum Gasteiger partial charge on any atom is -0.207 e.